The Kier molecular flexibility index (Phi) is 17.4. The molecular weight excluding hydrogens is 934 g/mol. The molecule has 5 unspecified atom stereocenters. The maximum Gasteiger partial charge on any atom is 0.331 e. The molecule has 0 spiro atoms. The molecule has 2 aromatic heterocycles. The number of nitrogens with zero attached hydrogens (tertiary/aromatic N) is 2. The number of hydrogen-bond donors (Lipinski definition) is 10. The van der Waals surface area contributed by atoms with Crippen molar-refractivity contribution in [2.45, 2.75) is 75.1 Å². The van der Waals surface area contributed by atoms with E-state index in [2.05, 4.69) is 52.5 Å². The number of carboxylic acids is 1. The number of aromatic nitrogens is 3. The van der Waals surface area contributed by atoms with Gasteiger partial charge in [-0.25, -0.2) is 14.4 Å². The van der Waals surface area contributed by atoms with Crippen molar-refractivity contribution in [3.8, 4) is 5.75 Å². The number of urea groups is 1. The van der Waals surface area contributed by atoms with Crippen LogP contribution < -0.4 is 37.8 Å². The number of likely N-dealkylation sites (N-methyl/N-ethyl adjacent to an activating group) is 1. The number of carbonyl (C=O) groups is 6. The summed E-state index contributed by atoms with van der Waals surface area (Å²) in [6.45, 7) is 1.46. The molecule has 1 aliphatic heterocycles. The van der Waals surface area contributed by atoms with Gasteiger partial charge in [0.15, 0.2) is 0 Å². The highest BCUT2D eigenvalue weighted by molar-refractivity contribution is 9.09. The monoisotopic (exact) mass is 983 g/mol. The van der Waals surface area contributed by atoms with Gasteiger partial charge >= 0.3 is 17.7 Å². The Balaban J connectivity index is 1.39. The van der Waals surface area contributed by atoms with Crippen molar-refractivity contribution >= 4 is 74.2 Å². The molecule has 21 nitrogen and oxygen atoms in total. The minimum Gasteiger partial charge on any atom is -0.508 e. The smallest absolute Gasteiger partial charge is 0.331 e. The van der Waals surface area contributed by atoms with Gasteiger partial charge in [-0.1, -0.05) is 46.3 Å². The number of phenols is 1. The summed E-state index contributed by atoms with van der Waals surface area (Å²) in [7, 11) is 1.35. The molecule has 10 N–H and O–H groups in total. The topological polar surface area (TPSA) is 306 Å². The molecule has 1 aliphatic rings. The second-order valence-corrected chi connectivity index (χ2v) is 16.7. The Morgan fingerprint density at radius 3 is 2.42 bits per heavy atom. The number of hydrogen-bond acceptors (Lipinski definition) is 12. The number of fused-ring (bicyclic) bond motifs is 1. The zero-order valence-electron chi connectivity index (χ0n) is 35.4. The predicted molar refractivity (Wildman–Crippen MR) is 242 cm³/mol. The minimum atomic E-state index is -1.58. The number of halogens is 1. The van der Waals surface area contributed by atoms with Gasteiger partial charge in [0, 0.05) is 61.9 Å². The number of thioether (sulfide) groups is 1. The molecule has 7 atom stereocenters. The second kappa shape index (κ2) is 22.9. The van der Waals surface area contributed by atoms with Crippen LogP contribution in [0.25, 0.3) is 10.9 Å². The molecule has 0 radical (unpaired) electrons. The number of rotatable bonds is 20. The lowest BCUT2D eigenvalue weighted by Crippen LogP contribution is -2.62. The van der Waals surface area contributed by atoms with Crippen molar-refractivity contribution in [2.75, 3.05) is 24.4 Å². The average Bonchev–Trinajstić information content (AvgIpc) is 3.86. The second-order valence-electron chi connectivity index (χ2n) is 15.1. The number of carbonyl (C=O) groups excluding carboxylic acids is 5. The summed E-state index contributed by atoms with van der Waals surface area (Å²) in [4.78, 5) is 111. The summed E-state index contributed by atoms with van der Waals surface area (Å²) in [5.74, 6) is -4.02. The summed E-state index contributed by atoms with van der Waals surface area (Å²) in [6, 6.07) is 6.71. The molecule has 5 rings (SSSR count). The van der Waals surface area contributed by atoms with Gasteiger partial charge in [0.05, 0.1) is 11.4 Å². The van der Waals surface area contributed by atoms with E-state index >= 15 is 0 Å². The summed E-state index contributed by atoms with van der Waals surface area (Å²) < 4.78 is 6.69. The largest absolute Gasteiger partial charge is 0.508 e. The van der Waals surface area contributed by atoms with E-state index in [1.165, 1.54) is 37.9 Å². The quantitative estimate of drug-likeness (QED) is 0.0542. The number of benzene rings is 2. The number of ether oxygens (including phenoxy) is 1. The van der Waals surface area contributed by atoms with E-state index in [9.17, 15) is 53.7 Å². The summed E-state index contributed by atoms with van der Waals surface area (Å²) in [6.07, 6.45) is 2.81. The van der Waals surface area contributed by atoms with Crippen LogP contribution in [-0.2, 0) is 41.6 Å². The van der Waals surface area contributed by atoms with Crippen LogP contribution in [0.4, 0.5) is 4.79 Å². The van der Waals surface area contributed by atoms with Crippen molar-refractivity contribution in [2.24, 2.45) is 0 Å². The minimum absolute atomic E-state index is 0.0107. The fourth-order valence-corrected chi connectivity index (χ4v) is 7.69. The third-order valence-corrected chi connectivity index (χ3v) is 11.7. The van der Waals surface area contributed by atoms with E-state index in [1.54, 1.807) is 30.7 Å². The summed E-state index contributed by atoms with van der Waals surface area (Å²) in [5.41, 5.74) is 0.396. The summed E-state index contributed by atoms with van der Waals surface area (Å²) in [5, 5.41) is 44.2. The molecule has 0 saturated carbocycles. The number of aromatic hydroxyl groups is 1. The lowest BCUT2D eigenvalue weighted by Gasteiger charge is -2.34. The van der Waals surface area contributed by atoms with E-state index < -0.39 is 89.4 Å². The predicted octanol–water partition coefficient (Wildman–Crippen LogP) is 0.532. The van der Waals surface area contributed by atoms with Crippen LogP contribution >= 0.6 is 27.7 Å². The average molecular weight is 985 g/mol. The molecule has 1 saturated heterocycles. The zero-order valence-corrected chi connectivity index (χ0v) is 37.8. The number of para-hydroxylation sites is 1. The molecule has 65 heavy (non-hydrogen) atoms. The molecule has 3 heterocycles. The standard InChI is InChI=1S/C42H50BrN9O12S/c1-22(51(2)38(59)30(46-34(56)19-43)16-23-7-6-8-25(53)15-23)35(37(58)45-21-26-18-32(54)39(64-26)52-13-11-33(55)49-42(52)63)50-36(57)29(12-14-65-3)47-41(62)48-31(40(60)61)17-24-20-44-28-10-5-4-9-27(24)28/h4-11,13,15,20-22,29-32,35,39,44,53-54H,12,14,16-19H2,1-3H3,(H,45,58)(H,46,56)(H,50,57)(H,60,61)(H2,47,48,62)(H,49,55,63)/b26-21+/t22?,29?,30?,31?,32-,35?,39-/m0/s1. The molecular formula is C42H50BrN9O12S. The third kappa shape index (κ3) is 13.2. The Hall–Kier alpha value is -6.59. The van der Waals surface area contributed by atoms with Gasteiger partial charge in [-0.05, 0) is 54.7 Å². The SMILES string of the molecule is CSCCC(NC(=O)NC(Cc1c[nH]c2ccccc12)C(=O)O)C(=O)NC(C(=O)N/C=C1\C[C@H](O)[C@@H](n2ccc(=O)[nH]c2=O)O1)C(C)N(C)C(=O)C(Cc1cccc(O)c1)NC(=O)CBr. The van der Waals surface area contributed by atoms with Crippen molar-refractivity contribution < 1.29 is 48.8 Å². The fourth-order valence-electron chi connectivity index (χ4n) is 7.06. The number of aliphatic hydroxyl groups is 1. The van der Waals surface area contributed by atoms with Gasteiger partial charge in [-0.2, -0.15) is 11.8 Å². The van der Waals surface area contributed by atoms with E-state index in [0.29, 0.717) is 16.9 Å². The zero-order chi connectivity index (χ0) is 47.4. The van der Waals surface area contributed by atoms with E-state index in [1.807, 2.05) is 18.2 Å². The maximum absolute atomic E-state index is 14.2. The molecule has 6 amide bonds. The van der Waals surface area contributed by atoms with Gasteiger partial charge in [0.2, 0.25) is 29.9 Å². The lowest BCUT2D eigenvalue weighted by atomic mass is 10.0. The highest BCUT2D eigenvalue weighted by atomic mass is 79.9. The van der Waals surface area contributed by atoms with Gasteiger partial charge in [-0.15, -0.1) is 0 Å². The van der Waals surface area contributed by atoms with Crippen LogP contribution in [0.5, 0.6) is 5.75 Å². The normalized spacial score (nSPS) is 17.5. The molecule has 2 aromatic carbocycles. The molecule has 348 valence electrons. The number of nitrogens with one attached hydrogen (secondary N) is 7. The summed E-state index contributed by atoms with van der Waals surface area (Å²) >= 11 is 4.44. The number of aliphatic carboxylic acids is 1. The Morgan fingerprint density at radius 2 is 1.72 bits per heavy atom. The first-order chi connectivity index (χ1) is 31.0. The number of alkyl halides is 1. The Bertz CT molecular complexity index is 2530. The van der Waals surface area contributed by atoms with Crippen LogP contribution in [0.15, 0.2) is 88.5 Å². The Labute approximate surface area is 383 Å². The molecule has 0 aliphatic carbocycles. The van der Waals surface area contributed by atoms with Gasteiger partial charge in [-0.3, -0.25) is 33.5 Å². The van der Waals surface area contributed by atoms with Crippen molar-refractivity contribution in [3.05, 3.63) is 111 Å². The number of H-pyrrole nitrogens is 2. The van der Waals surface area contributed by atoms with Gasteiger partial charge < -0.3 is 56.5 Å². The van der Waals surface area contributed by atoms with Gasteiger partial charge in [0.1, 0.15) is 41.8 Å². The number of aliphatic hydroxyl groups excluding tert-OH is 1. The third-order valence-electron chi connectivity index (χ3n) is 10.6. The van der Waals surface area contributed by atoms with Crippen LogP contribution in [0.2, 0.25) is 0 Å². The van der Waals surface area contributed by atoms with Crippen LogP contribution in [0, 0.1) is 0 Å². The molecule has 0 bridgehead atoms. The Morgan fingerprint density at radius 1 is 0.985 bits per heavy atom. The number of amides is 6. The first kappa shape index (κ1) is 49.4. The first-order valence-corrected chi connectivity index (χ1v) is 22.7. The van der Waals surface area contributed by atoms with Gasteiger partial charge in [0.25, 0.3) is 5.56 Å². The maximum atomic E-state index is 14.2. The van der Waals surface area contributed by atoms with E-state index in [-0.39, 0.29) is 42.5 Å². The highest BCUT2D eigenvalue weighted by Crippen LogP contribution is 2.30. The van der Waals surface area contributed by atoms with Crippen molar-refractivity contribution in [3.63, 3.8) is 0 Å². The number of carboxylic acid groups (broad SMARTS) is 1. The first-order valence-electron chi connectivity index (χ1n) is 20.2. The number of phenolic OH excluding ortho intramolecular Hbond substituents is 1. The van der Waals surface area contributed by atoms with Crippen LogP contribution in [0.3, 0.4) is 0 Å². The van der Waals surface area contributed by atoms with E-state index in [4.69, 9.17) is 4.74 Å². The molecule has 4 aromatic rings. The molecule has 23 heteroatoms. The highest BCUT2D eigenvalue weighted by Gasteiger charge is 2.38. The molecule has 1 fully saturated rings. The lowest BCUT2D eigenvalue weighted by molar-refractivity contribution is -0.140. The fraction of sp³-hybridized carbons (Fsp3) is 0.381. The van der Waals surface area contributed by atoms with Crippen molar-refractivity contribution in [1.29, 1.82) is 0 Å². The van der Waals surface area contributed by atoms with E-state index in [0.717, 1.165) is 38.8 Å². The van der Waals surface area contributed by atoms with Crippen molar-refractivity contribution in [1.82, 2.24) is 46.0 Å². The van der Waals surface area contributed by atoms with Crippen LogP contribution in [-0.4, -0.2) is 131 Å². The van der Waals surface area contributed by atoms with Crippen LogP contribution in [0.1, 0.15) is 37.1 Å². The number of aromatic amines is 2.